The molecule has 0 unspecified atom stereocenters. The van der Waals surface area contributed by atoms with E-state index >= 15 is 0 Å². The van der Waals surface area contributed by atoms with Gasteiger partial charge in [-0.2, -0.15) is 0 Å². The predicted octanol–water partition coefficient (Wildman–Crippen LogP) is 2.42. The van der Waals surface area contributed by atoms with Crippen LogP contribution in [0.4, 0.5) is 0 Å². The van der Waals surface area contributed by atoms with Gasteiger partial charge in [-0.15, -0.1) is 0 Å². The van der Waals surface area contributed by atoms with E-state index in [0.29, 0.717) is 11.5 Å². The van der Waals surface area contributed by atoms with Crippen molar-refractivity contribution in [3.05, 3.63) is 23.8 Å². The van der Waals surface area contributed by atoms with Crippen LogP contribution in [0.25, 0.3) is 0 Å². The highest BCUT2D eigenvalue weighted by Gasteiger charge is 2.17. The van der Waals surface area contributed by atoms with Crippen LogP contribution in [-0.2, 0) is 10.0 Å². The van der Waals surface area contributed by atoms with Gasteiger partial charge in [0.15, 0.2) is 0 Å². The Kier molecular flexibility index (Phi) is 5.16. The van der Waals surface area contributed by atoms with Crippen molar-refractivity contribution in [2.24, 2.45) is 0 Å². The lowest BCUT2D eigenvalue weighted by Crippen LogP contribution is -2.22. The van der Waals surface area contributed by atoms with Gasteiger partial charge < -0.3 is 4.74 Å². The summed E-state index contributed by atoms with van der Waals surface area (Å²) in [4.78, 5) is 0.299. The van der Waals surface area contributed by atoms with Gasteiger partial charge in [0, 0.05) is 14.1 Å². The highest BCUT2D eigenvalue weighted by molar-refractivity contribution is 7.89. The van der Waals surface area contributed by atoms with Gasteiger partial charge in [-0.25, -0.2) is 12.7 Å². The molecule has 0 aliphatic rings. The first-order chi connectivity index (χ1) is 8.39. The molecule has 0 N–H and O–H groups in total. The average molecular weight is 271 g/mol. The lowest BCUT2D eigenvalue weighted by atomic mass is 10.2. The van der Waals surface area contributed by atoms with E-state index in [2.05, 4.69) is 6.92 Å². The van der Waals surface area contributed by atoms with Crippen molar-refractivity contribution in [3.63, 3.8) is 0 Å². The summed E-state index contributed by atoms with van der Waals surface area (Å²) < 4.78 is 30.7. The molecule has 0 saturated heterocycles. The van der Waals surface area contributed by atoms with E-state index in [0.717, 1.165) is 24.2 Å². The van der Waals surface area contributed by atoms with Crippen LogP contribution < -0.4 is 4.74 Å². The monoisotopic (exact) mass is 271 g/mol. The quantitative estimate of drug-likeness (QED) is 0.747. The fraction of sp³-hybridized carbons (Fsp3) is 0.538. The van der Waals surface area contributed by atoms with Crippen molar-refractivity contribution in [1.29, 1.82) is 0 Å². The maximum Gasteiger partial charge on any atom is 0.242 e. The van der Waals surface area contributed by atoms with Gasteiger partial charge in [0.25, 0.3) is 0 Å². The Hall–Kier alpha value is -1.07. The second-order valence-corrected chi connectivity index (χ2v) is 6.57. The minimum Gasteiger partial charge on any atom is -0.493 e. The third-order valence-electron chi connectivity index (χ3n) is 2.68. The number of sulfonamides is 1. The second kappa shape index (κ2) is 6.20. The van der Waals surface area contributed by atoms with Gasteiger partial charge in [-0.3, -0.25) is 0 Å². The molecule has 0 amide bonds. The molecule has 0 heterocycles. The molecule has 1 aromatic rings. The first-order valence-corrected chi connectivity index (χ1v) is 7.49. The summed E-state index contributed by atoms with van der Waals surface area (Å²) >= 11 is 0. The van der Waals surface area contributed by atoms with Crippen molar-refractivity contribution < 1.29 is 13.2 Å². The molecule has 0 spiro atoms. The zero-order valence-electron chi connectivity index (χ0n) is 11.4. The standard InChI is InChI=1S/C13H21NO3S/c1-5-6-9-17-13-8-7-12(10-11(13)2)18(15,16)14(3)4/h7-8,10H,5-6,9H2,1-4H3. The molecule has 0 bridgehead atoms. The molecule has 102 valence electrons. The minimum absolute atomic E-state index is 0.299. The van der Waals surface area contributed by atoms with E-state index in [9.17, 15) is 8.42 Å². The largest absolute Gasteiger partial charge is 0.493 e. The molecule has 0 saturated carbocycles. The maximum absolute atomic E-state index is 11.9. The molecule has 0 radical (unpaired) electrons. The Morgan fingerprint density at radius 1 is 1.28 bits per heavy atom. The second-order valence-electron chi connectivity index (χ2n) is 4.42. The summed E-state index contributed by atoms with van der Waals surface area (Å²) in [6.45, 7) is 4.62. The topological polar surface area (TPSA) is 46.6 Å². The van der Waals surface area contributed by atoms with Crippen molar-refractivity contribution in [2.45, 2.75) is 31.6 Å². The highest BCUT2D eigenvalue weighted by atomic mass is 32.2. The average Bonchev–Trinajstić information content (AvgIpc) is 2.31. The van der Waals surface area contributed by atoms with Crippen LogP contribution in [0, 0.1) is 6.92 Å². The molecule has 0 aliphatic carbocycles. The van der Waals surface area contributed by atoms with Gasteiger partial charge in [-0.1, -0.05) is 13.3 Å². The molecule has 1 rings (SSSR count). The molecule has 5 heteroatoms. The number of hydrogen-bond donors (Lipinski definition) is 0. The number of rotatable bonds is 6. The van der Waals surface area contributed by atoms with Gasteiger partial charge in [0.1, 0.15) is 5.75 Å². The minimum atomic E-state index is -3.36. The molecule has 18 heavy (non-hydrogen) atoms. The van der Waals surface area contributed by atoms with Crippen LogP contribution in [0.3, 0.4) is 0 Å². The summed E-state index contributed by atoms with van der Waals surface area (Å²) in [5.74, 6) is 0.751. The van der Waals surface area contributed by atoms with E-state index < -0.39 is 10.0 Å². The van der Waals surface area contributed by atoms with Crippen LogP contribution in [0.5, 0.6) is 5.75 Å². The number of ether oxygens (including phenoxy) is 1. The SMILES string of the molecule is CCCCOc1ccc(S(=O)(=O)N(C)C)cc1C. The van der Waals surface area contributed by atoms with Crippen molar-refractivity contribution in [2.75, 3.05) is 20.7 Å². The fourth-order valence-electron chi connectivity index (χ4n) is 1.48. The van der Waals surface area contributed by atoms with E-state index in [-0.39, 0.29) is 0 Å². The third kappa shape index (κ3) is 3.46. The van der Waals surface area contributed by atoms with Crippen molar-refractivity contribution >= 4 is 10.0 Å². The highest BCUT2D eigenvalue weighted by Crippen LogP contribution is 2.23. The van der Waals surface area contributed by atoms with Crippen molar-refractivity contribution in [1.82, 2.24) is 4.31 Å². The summed E-state index contributed by atoms with van der Waals surface area (Å²) in [6, 6.07) is 4.96. The smallest absolute Gasteiger partial charge is 0.242 e. The summed E-state index contributed by atoms with van der Waals surface area (Å²) in [6.07, 6.45) is 2.07. The Morgan fingerprint density at radius 3 is 2.44 bits per heavy atom. The Labute approximate surface area is 110 Å². The zero-order valence-corrected chi connectivity index (χ0v) is 12.3. The molecule has 4 nitrogen and oxygen atoms in total. The Morgan fingerprint density at radius 2 is 1.94 bits per heavy atom. The van der Waals surface area contributed by atoms with Crippen molar-refractivity contribution in [3.8, 4) is 5.75 Å². The molecule has 1 aromatic carbocycles. The number of hydrogen-bond acceptors (Lipinski definition) is 3. The molecule has 0 atom stereocenters. The zero-order chi connectivity index (χ0) is 13.8. The number of unbranched alkanes of at least 4 members (excludes halogenated alkanes) is 1. The lowest BCUT2D eigenvalue weighted by Gasteiger charge is -2.14. The third-order valence-corrected chi connectivity index (χ3v) is 4.49. The van der Waals surface area contributed by atoms with Crippen LogP contribution in [0.15, 0.2) is 23.1 Å². The van der Waals surface area contributed by atoms with Gasteiger partial charge in [0.2, 0.25) is 10.0 Å². The predicted molar refractivity (Wildman–Crippen MR) is 72.5 cm³/mol. The molecular weight excluding hydrogens is 250 g/mol. The first-order valence-electron chi connectivity index (χ1n) is 6.05. The van der Waals surface area contributed by atoms with Gasteiger partial charge >= 0.3 is 0 Å². The molecule has 0 fully saturated rings. The maximum atomic E-state index is 11.9. The summed E-state index contributed by atoms with van der Waals surface area (Å²) in [5.41, 5.74) is 0.842. The van der Waals surface area contributed by atoms with Crippen LogP contribution in [0.1, 0.15) is 25.3 Å². The molecule has 0 aliphatic heterocycles. The molecule has 0 aromatic heterocycles. The molecular formula is C13H21NO3S. The van der Waals surface area contributed by atoms with Gasteiger partial charge in [0.05, 0.1) is 11.5 Å². The van der Waals surface area contributed by atoms with E-state index in [4.69, 9.17) is 4.74 Å². The Bertz CT molecular complexity index is 495. The van der Waals surface area contributed by atoms with Gasteiger partial charge in [-0.05, 0) is 37.1 Å². The fourth-order valence-corrected chi connectivity index (χ4v) is 2.47. The summed E-state index contributed by atoms with van der Waals surface area (Å²) in [5, 5.41) is 0. The van der Waals surface area contributed by atoms with Crippen LogP contribution in [-0.4, -0.2) is 33.4 Å². The lowest BCUT2D eigenvalue weighted by molar-refractivity contribution is 0.307. The number of aryl methyl sites for hydroxylation is 1. The van der Waals surface area contributed by atoms with E-state index in [1.54, 1.807) is 18.2 Å². The van der Waals surface area contributed by atoms with E-state index in [1.807, 2.05) is 6.92 Å². The van der Waals surface area contributed by atoms with Crippen LogP contribution >= 0.6 is 0 Å². The number of nitrogens with zero attached hydrogens (tertiary/aromatic N) is 1. The Balaban J connectivity index is 2.93. The normalized spacial score (nSPS) is 11.8. The summed E-state index contributed by atoms with van der Waals surface area (Å²) in [7, 11) is -0.315. The number of benzene rings is 1. The van der Waals surface area contributed by atoms with E-state index in [1.165, 1.54) is 18.4 Å². The van der Waals surface area contributed by atoms with Crippen LogP contribution in [0.2, 0.25) is 0 Å². The first kappa shape index (κ1) is 15.0.